The molecule has 2 atom stereocenters. The Kier molecular flexibility index (Phi) is 4.19. The summed E-state index contributed by atoms with van der Waals surface area (Å²) in [5, 5.41) is 3.02. The van der Waals surface area contributed by atoms with E-state index in [1.54, 1.807) is 0 Å². The number of nitrogens with one attached hydrogen (secondary N) is 1. The summed E-state index contributed by atoms with van der Waals surface area (Å²) in [6, 6.07) is 6.93. The molecule has 0 aromatic heterocycles. The van der Waals surface area contributed by atoms with Crippen molar-refractivity contribution < 1.29 is 13.2 Å². The van der Waals surface area contributed by atoms with Crippen molar-refractivity contribution in [3.8, 4) is 0 Å². The summed E-state index contributed by atoms with van der Waals surface area (Å²) in [4.78, 5) is 0. The Labute approximate surface area is 112 Å². The lowest BCUT2D eigenvalue weighted by Crippen LogP contribution is -2.41. The predicted molar refractivity (Wildman–Crippen MR) is 70.1 cm³/mol. The Hall–Kier alpha value is -1.03. The molecular formula is C15H20F3N. The van der Waals surface area contributed by atoms with Crippen LogP contribution in [0.15, 0.2) is 24.3 Å². The molecule has 0 spiro atoms. The van der Waals surface area contributed by atoms with Crippen molar-refractivity contribution in [3.63, 3.8) is 0 Å². The minimum Gasteiger partial charge on any atom is -0.309 e. The van der Waals surface area contributed by atoms with E-state index in [1.807, 2.05) is 24.3 Å². The van der Waals surface area contributed by atoms with Gasteiger partial charge in [-0.3, -0.25) is 0 Å². The predicted octanol–water partition coefficient (Wildman–Crippen LogP) is 4.41. The molecule has 1 aliphatic rings. The van der Waals surface area contributed by atoms with E-state index in [1.165, 1.54) is 0 Å². The second-order valence-corrected chi connectivity index (χ2v) is 5.54. The number of halogens is 3. The second-order valence-electron chi connectivity index (χ2n) is 5.54. The van der Waals surface area contributed by atoms with Gasteiger partial charge in [-0.25, -0.2) is 0 Å². The maximum absolute atomic E-state index is 13.0. The lowest BCUT2D eigenvalue weighted by molar-refractivity contribution is -0.189. The Bertz CT molecular complexity index is 408. The van der Waals surface area contributed by atoms with Crippen molar-refractivity contribution in [2.45, 2.75) is 44.8 Å². The van der Waals surface area contributed by atoms with Crippen LogP contribution in [-0.4, -0.2) is 12.7 Å². The zero-order valence-corrected chi connectivity index (χ0v) is 11.3. The van der Waals surface area contributed by atoms with Gasteiger partial charge in [0.25, 0.3) is 0 Å². The Morgan fingerprint density at radius 1 is 1.16 bits per heavy atom. The highest BCUT2D eigenvalue weighted by molar-refractivity contribution is 5.27. The number of piperidine rings is 1. The van der Waals surface area contributed by atoms with Crippen LogP contribution in [0.5, 0.6) is 0 Å². The van der Waals surface area contributed by atoms with Crippen LogP contribution in [0.25, 0.3) is 0 Å². The van der Waals surface area contributed by atoms with Crippen LogP contribution < -0.4 is 5.32 Å². The van der Waals surface area contributed by atoms with Gasteiger partial charge in [-0.15, -0.1) is 0 Å². The van der Waals surface area contributed by atoms with Gasteiger partial charge < -0.3 is 5.32 Å². The summed E-state index contributed by atoms with van der Waals surface area (Å²) in [6.45, 7) is 4.81. The average Bonchev–Trinajstić information content (AvgIpc) is 2.38. The van der Waals surface area contributed by atoms with Crippen molar-refractivity contribution in [3.05, 3.63) is 35.4 Å². The van der Waals surface area contributed by atoms with E-state index in [0.29, 0.717) is 18.9 Å². The molecule has 0 saturated carbocycles. The molecule has 0 bridgehead atoms. The van der Waals surface area contributed by atoms with E-state index in [2.05, 4.69) is 19.2 Å². The Morgan fingerprint density at radius 3 is 2.32 bits per heavy atom. The summed E-state index contributed by atoms with van der Waals surface area (Å²) in [6.07, 6.45) is -3.33. The van der Waals surface area contributed by atoms with Crippen molar-refractivity contribution in [2.75, 3.05) is 6.54 Å². The molecule has 19 heavy (non-hydrogen) atoms. The Morgan fingerprint density at radius 2 is 1.79 bits per heavy atom. The third kappa shape index (κ3) is 3.30. The summed E-state index contributed by atoms with van der Waals surface area (Å²) in [5.41, 5.74) is 1.90. The molecule has 2 unspecified atom stereocenters. The van der Waals surface area contributed by atoms with Gasteiger partial charge in [-0.05, 0) is 36.4 Å². The average molecular weight is 271 g/mol. The number of benzene rings is 1. The topological polar surface area (TPSA) is 12.0 Å². The lowest BCUT2D eigenvalue weighted by atomic mass is 9.85. The molecular weight excluding hydrogens is 251 g/mol. The van der Waals surface area contributed by atoms with Crippen LogP contribution in [0.3, 0.4) is 0 Å². The van der Waals surface area contributed by atoms with Crippen molar-refractivity contribution in [2.24, 2.45) is 5.92 Å². The normalized spacial score (nSPS) is 24.7. The summed E-state index contributed by atoms with van der Waals surface area (Å²) >= 11 is 0. The maximum Gasteiger partial charge on any atom is 0.393 e. The highest BCUT2D eigenvalue weighted by Gasteiger charge is 2.45. The SMILES string of the molecule is CC(C)c1ccc(C2NCCCC2C(F)(F)F)cc1. The summed E-state index contributed by atoms with van der Waals surface area (Å²) < 4.78 is 39.1. The molecule has 0 aliphatic carbocycles. The molecule has 1 nitrogen and oxygen atoms in total. The lowest BCUT2D eigenvalue weighted by Gasteiger charge is -2.34. The fourth-order valence-corrected chi connectivity index (χ4v) is 2.68. The minimum atomic E-state index is -4.13. The molecule has 1 aliphatic heterocycles. The first-order chi connectivity index (χ1) is 8.89. The van der Waals surface area contributed by atoms with E-state index in [-0.39, 0.29) is 6.42 Å². The first-order valence-corrected chi connectivity index (χ1v) is 6.79. The number of hydrogen-bond donors (Lipinski definition) is 1. The molecule has 1 N–H and O–H groups in total. The van der Waals surface area contributed by atoms with Crippen LogP contribution in [-0.2, 0) is 0 Å². The highest BCUT2D eigenvalue weighted by atomic mass is 19.4. The summed E-state index contributed by atoms with van der Waals surface area (Å²) in [7, 11) is 0. The molecule has 4 heteroatoms. The zero-order chi connectivity index (χ0) is 14.0. The molecule has 1 saturated heterocycles. The molecule has 2 rings (SSSR count). The van der Waals surface area contributed by atoms with E-state index in [9.17, 15) is 13.2 Å². The fraction of sp³-hybridized carbons (Fsp3) is 0.600. The van der Waals surface area contributed by atoms with E-state index >= 15 is 0 Å². The van der Waals surface area contributed by atoms with Crippen molar-refractivity contribution in [1.82, 2.24) is 5.32 Å². The summed E-state index contributed by atoms with van der Waals surface area (Å²) in [5.74, 6) is -0.877. The molecule has 1 heterocycles. The molecule has 106 valence electrons. The van der Waals surface area contributed by atoms with Crippen molar-refractivity contribution >= 4 is 0 Å². The Balaban J connectivity index is 2.22. The molecule has 1 aromatic carbocycles. The van der Waals surface area contributed by atoms with E-state index in [0.717, 1.165) is 11.1 Å². The van der Waals surface area contributed by atoms with Gasteiger partial charge in [-0.1, -0.05) is 38.1 Å². The molecule has 0 radical (unpaired) electrons. The monoisotopic (exact) mass is 271 g/mol. The van der Waals surface area contributed by atoms with E-state index < -0.39 is 18.1 Å². The number of alkyl halides is 3. The van der Waals surface area contributed by atoms with Crippen LogP contribution >= 0.6 is 0 Å². The van der Waals surface area contributed by atoms with Gasteiger partial charge in [0.05, 0.1) is 5.92 Å². The van der Waals surface area contributed by atoms with Gasteiger partial charge in [-0.2, -0.15) is 13.2 Å². The van der Waals surface area contributed by atoms with Gasteiger partial charge in [0, 0.05) is 6.04 Å². The van der Waals surface area contributed by atoms with Gasteiger partial charge >= 0.3 is 6.18 Å². The van der Waals surface area contributed by atoms with E-state index in [4.69, 9.17) is 0 Å². The van der Waals surface area contributed by atoms with Gasteiger partial charge in [0.1, 0.15) is 0 Å². The van der Waals surface area contributed by atoms with Crippen molar-refractivity contribution in [1.29, 1.82) is 0 Å². The standard InChI is InChI=1S/C15H20F3N/c1-10(2)11-5-7-12(8-6-11)14-13(15(16,17)18)4-3-9-19-14/h5-8,10,13-14,19H,3-4,9H2,1-2H3. The maximum atomic E-state index is 13.0. The van der Waals surface area contributed by atoms with Gasteiger partial charge in [0.15, 0.2) is 0 Å². The fourth-order valence-electron chi connectivity index (χ4n) is 2.68. The largest absolute Gasteiger partial charge is 0.393 e. The zero-order valence-electron chi connectivity index (χ0n) is 11.3. The van der Waals surface area contributed by atoms with Crippen LogP contribution in [0.2, 0.25) is 0 Å². The third-order valence-corrected chi connectivity index (χ3v) is 3.84. The first kappa shape index (κ1) is 14.4. The number of rotatable bonds is 2. The smallest absolute Gasteiger partial charge is 0.309 e. The minimum absolute atomic E-state index is 0.215. The van der Waals surface area contributed by atoms with Crippen LogP contribution in [0, 0.1) is 5.92 Å². The van der Waals surface area contributed by atoms with Crippen LogP contribution in [0.4, 0.5) is 13.2 Å². The quantitative estimate of drug-likeness (QED) is 0.840. The molecule has 1 aromatic rings. The molecule has 1 fully saturated rings. The second kappa shape index (κ2) is 5.53. The third-order valence-electron chi connectivity index (χ3n) is 3.84. The van der Waals surface area contributed by atoms with Gasteiger partial charge in [0.2, 0.25) is 0 Å². The number of hydrogen-bond acceptors (Lipinski definition) is 1. The van der Waals surface area contributed by atoms with Crippen LogP contribution in [0.1, 0.15) is 49.8 Å². The molecule has 0 amide bonds. The first-order valence-electron chi connectivity index (χ1n) is 6.79. The highest BCUT2D eigenvalue weighted by Crippen LogP contribution is 2.41.